The summed E-state index contributed by atoms with van der Waals surface area (Å²) < 4.78 is 0. The molecule has 1 aliphatic rings. The van der Waals surface area contributed by atoms with Crippen molar-refractivity contribution in [2.24, 2.45) is 0 Å². The van der Waals surface area contributed by atoms with E-state index in [4.69, 9.17) is 0 Å². The number of amides is 1. The number of hydrogen-bond acceptors (Lipinski definition) is 2. The number of carbonyl (C=O) groups is 1. The Kier molecular flexibility index (Phi) is 7.20. The minimum Gasteiger partial charge on any atom is -0.354 e. The van der Waals surface area contributed by atoms with Crippen LogP contribution in [-0.2, 0) is 10.2 Å². The second-order valence-electron chi connectivity index (χ2n) is 5.66. The highest BCUT2D eigenvalue weighted by molar-refractivity contribution is 5.88. The summed E-state index contributed by atoms with van der Waals surface area (Å²) in [7, 11) is 0. The van der Waals surface area contributed by atoms with E-state index in [1.54, 1.807) is 0 Å². The van der Waals surface area contributed by atoms with Gasteiger partial charge in [-0.3, -0.25) is 4.79 Å². The number of carbonyl (C=O) groups excluding carboxylic acids is 1. The Balaban J connectivity index is 0.00000220. The third-order valence-corrected chi connectivity index (χ3v) is 4.64. The summed E-state index contributed by atoms with van der Waals surface area (Å²) in [6, 6.07) is 10.6. The maximum absolute atomic E-state index is 12.7. The van der Waals surface area contributed by atoms with Crippen molar-refractivity contribution in [2.45, 2.75) is 51.0 Å². The normalized spacial score (nSPS) is 18.1. The maximum Gasteiger partial charge on any atom is 0.230 e. The first kappa shape index (κ1) is 18.0. The number of halogens is 1. The van der Waals surface area contributed by atoms with Gasteiger partial charge in [-0.15, -0.1) is 12.4 Å². The molecule has 1 aromatic carbocycles. The number of rotatable bonds is 6. The average Bonchev–Trinajstić information content (AvgIpc) is 3.01. The lowest BCUT2D eigenvalue weighted by Gasteiger charge is -2.31. The first-order chi connectivity index (χ1) is 9.73. The third kappa shape index (κ3) is 3.98. The van der Waals surface area contributed by atoms with Crippen LogP contribution in [0.3, 0.4) is 0 Å². The average molecular weight is 311 g/mol. The zero-order chi connectivity index (χ0) is 14.4. The Morgan fingerprint density at radius 1 is 1.29 bits per heavy atom. The van der Waals surface area contributed by atoms with E-state index < -0.39 is 0 Å². The van der Waals surface area contributed by atoms with Crippen molar-refractivity contribution in [3.8, 4) is 0 Å². The molecule has 1 atom stereocenters. The summed E-state index contributed by atoms with van der Waals surface area (Å²) in [6.07, 6.45) is 4.04. The van der Waals surface area contributed by atoms with E-state index in [1.807, 2.05) is 18.2 Å². The Morgan fingerprint density at radius 2 is 1.95 bits per heavy atom. The summed E-state index contributed by atoms with van der Waals surface area (Å²) >= 11 is 0. The lowest BCUT2D eigenvalue weighted by Crippen LogP contribution is -2.47. The van der Waals surface area contributed by atoms with Gasteiger partial charge in [0.2, 0.25) is 5.91 Å². The molecule has 1 saturated heterocycles. The van der Waals surface area contributed by atoms with E-state index in [1.165, 1.54) is 6.42 Å². The lowest BCUT2D eigenvalue weighted by atomic mass is 9.75. The molecule has 2 rings (SSSR count). The highest BCUT2D eigenvalue weighted by Gasteiger charge is 2.36. The van der Waals surface area contributed by atoms with Gasteiger partial charge >= 0.3 is 0 Å². The fourth-order valence-corrected chi connectivity index (χ4v) is 3.18. The summed E-state index contributed by atoms with van der Waals surface area (Å²) in [5, 5.41) is 6.59. The fourth-order valence-electron chi connectivity index (χ4n) is 3.18. The molecule has 1 heterocycles. The Labute approximate surface area is 134 Å². The molecule has 1 amide bonds. The molecule has 0 radical (unpaired) electrons. The Bertz CT molecular complexity index is 426. The van der Waals surface area contributed by atoms with Gasteiger partial charge in [0, 0.05) is 12.6 Å². The molecule has 0 saturated carbocycles. The van der Waals surface area contributed by atoms with Crippen LogP contribution >= 0.6 is 12.4 Å². The van der Waals surface area contributed by atoms with Gasteiger partial charge in [-0.2, -0.15) is 0 Å². The molecular formula is C17H27ClN2O. The topological polar surface area (TPSA) is 41.1 Å². The smallest absolute Gasteiger partial charge is 0.230 e. The molecule has 1 fully saturated rings. The molecule has 0 aromatic heterocycles. The van der Waals surface area contributed by atoms with Crippen LogP contribution < -0.4 is 10.6 Å². The van der Waals surface area contributed by atoms with Crippen LogP contribution in [0.5, 0.6) is 0 Å². The molecule has 1 aliphatic heterocycles. The molecule has 3 nitrogen and oxygen atoms in total. The molecule has 21 heavy (non-hydrogen) atoms. The molecule has 1 aromatic rings. The van der Waals surface area contributed by atoms with E-state index in [9.17, 15) is 4.79 Å². The molecule has 2 N–H and O–H groups in total. The molecule has 1 unspecified atom stereocenters. The van der Waals surface area contributed by atoms with Crippen LogP contribution in [-0.4, -0.2) is 25.0 Å². The van der Waals surface area contributed by atoms with Crippen LogP contribution in [0.15, 0.2) is 30.3 Å². The van der Waals surface area contributed by atoms with Crippen LogP contribution in [0.2, 0.25) is 0 Å². The predicted octanol–water partition coefficient (Wildman–Crippen LogP) is 3.03. The first-order valence-corrected chi connectivity index (χ1v) is 7.80. The van der Waals surface area contributed by atoms with Gasteiger partial charge in [0.25, 0.3) is 0 Å². The van der Waals surface area contributed by atoms with Crippen LogP contribution in [0.1, 0.15) is 45.1 Å². The summed E-state index contributed by atoms with van der Waals surface area (Å²) in [5.41, 5.74) is 0.738. The maximum atomic E-state index is 12.7. The number of benzene rings is 1. The minimum atomic E-state index is -0.389. The zero-order valence-corrected chi connectivity index (χ0v) is 13.8. The molecule has 4 heteroatoms. The van der Waals surface area contributed by atoms with E-state index in [2.05, 4.69) is 36.6 Å². The van der Waals surface area contributed by atoms with Crippen molar-refractivity contribution in [3.05, 3.63) is 35.9 Å². The Morgan fingerprint density at radius 3 is 2.48 bits per heavy atom. The summed E-state index contributed by atoms with van der Waals surface area (Å²) in [6.45, 7) is 6.02. The van der Waals surface area contributed by atoms with Crippen molar-refractivity contribution in [1.29, 1.82) is 0 Å². The summed E-state index contributed by atoms with van der Waals surface area (Å²) in [5.74, 6) is 0.169. The Hall–Kier alpha value is -1.06. The van der Waals surface area contributed by atoms with Gasteiger partial charge in [-0.25, -0.2) is 0 Å². The van der Waals surface area contributed by atoms with E-state index in [-0.39, 0.29) is 23.7 Å². The molecule has 118 valence electrons. The van der Waals surface area contributed by atoms with Crippen LogP contribution in [0, 0.1) is 0 Å². The second-order valence-corrected chi connectivity index (χ2v) is 5.66. The SMILES string of the molecule is CCC(CC)(C(=O)NCC1CCCN1)c1ccccc1.Cl. The predicted molar refractivity (Wildman–Crippen MR) is 90.0 cm³/mol. The first-order valence-electron chi connectivity index (χ1n) is 7.80. The second kappa shape index (κ2) is 8.40. The lowest BCUT2D eigenvalue weighted by molar-refractivity contribution is -0.127. The van der Waals surface area contributed by atoms with Crippen molar-refractivity contribution in [2.75, 3.05) is 13.1 Å². The van der Waals surface area contributed by atoms with E-state index >= 15 is 0 Å². The van der Waals surface area contributed by atoms with Crippen molar-refractivity contribution >= 4 is 18.3 Å². The van der Waals surface area contributed by atoms with E-state index in [0.29, 0.717) is 6.04 Å². The van der Waals surface area contributed by atoms with Crippen molar-refractivity contribution in [1.82, 2.24) is 10.6 Å². The van der Waals surface area contributed by atoms with Gasteiger partial charge in [0.15, 0.2) is 0 Å². The molecule has 0 bridgehead atoms. The minimum absolute atomic E-state index is 0. The monoisotopic (exact) mass is 310 g/mol. The molecule has 0 aliphatic carbocycles. The van der Waals surface area contributed by atoms with Gasteiger partial charge in [-0.05, 0) is 37.8 Å². The van der Waals surface area contributed by atoms with Crippen LogP contribution in [0.4, 0.5) is 0 Å². The molecule has 0 spiro atoms. The largest absolute Gasteiger partial charge is 0.354 e. The number of hydrogen-bond donors (Lipinski definition) is 2. The highest BCUT2D eigenvalue weighted by Crippen LogP contribution is 2.31. The van der Waals surface area contributed by atoms with E-state index in [0.717, 1.165) is 37.9 Å². The third-order valence-electron chi connectivity index (χ3n) is 4.64. The van der Waals surface area contributed by atoms with Gasteiger partial charge in [-0.1, -0.05) is 44.2 Å². The van der Waals surface area contributed by atoms with Crippen molar-refractivity contribution in [3.63, 3.8) is 0 Å². The van der Waals surface area contributed by atoms with Crippen molar-refractivity contribution < 1.29 is 4.79 Å². The quantitative estimate of drug-likeness (QED) is 0.848. The number of nitrogens with one attached hydrogen (secondary N) is 2. The highest BCUT2D eigenvalue weighted by atomic mass is 35.5. The molecular weight excluding hydrogens is 284 g/mol. The fraction of sp³-hybridized carbons (Fsp3) is 0.588. The van der Waals surface area contributed by atoms with Crippen LogP contribution in [0.25, 0.3) is 0 Å². The van der Waals surface area contributed by atoms with Gasteiger partial charge in [0.1, 0.15) is 0 Å². The van der Waals surface area contributed by atoms with Gasteiger partial charge in [0.05, 0.1) is 5.41 Å². The van der Waals surface area contributed by atoms with Gasteiger partial charge < -0.3 is 10.6 Å². The standard InChI is InChI=1S/C17H26N2O.ClH/c1-3-17(4-2,14-9-6-5-7-10-14)16(20)19-13-15-11-8-12-18-15;/h5-7,9-10,15,18H,3-4,8,11-13H2,1-2H3,(H,19,20);1H. The summed E-state index contributed by atoms with van der Waals surface area (Å²) in [4.78, 5) is 12.7. The zero-order valence-electron chi connectivity index (χ0n) is 13.0.